The van der Waals surface area contributed by atoms with Crippen LogP contribution < -0.4 is 10.9 Å². The molecule has 2 aromatic heterocycles. The maximum Gasteiger partial charge on any atom is 0.297 e. The van der Waals surface area contributed by atoms with Crippen LogP contribution in [0.3, 0.4) is 0 Å². The summed E-state index contributed by atoms with van der Waals surface area (Å²) in [5.41, 5.74) is 2.65. The first-order valence-corrected chi connectivity index (χ1v) is 12.1. The number of para-hydroxylation sites is 1. The minimum atomic E-state index is -0.264. The second-order valence-corrected chi connectivity index (χ2v) is 9.40. The number of anilines is 1. The lowest BCUT2D eigenvalue weighted by Crippen LogP contribution is -2.29. The summed E-state index contributed by atoms with van der Waals surface area (Å²) in [6.45, 7) is 2.96. The number of nitrogens with one attached hydrogen (secondary N) is 1. The fourth-order valence-electron chi connectivity index (χ4n) is 3.96. The number of fused-ring (bicyclic) bond motifs is 3. The molecule has 1 atom stereocenters. The van der Waals surface area contributed by atoms with Crippen molar-refractivity contribution in [3.63, 3.8) is 0 Å². The van der Waals surface area contributed by atoms with Gasteiger partial charge in [0.15, 0.2) is 5.16 Å². The summed E-state index contributed by atoms with van der Waals surface area (Å²) in [5.74, 6) is -0.119. The van der Waals surface area contributed by atoms with Gasteiger partial charge >= 0.3 is 0 Å². The van der Waals surface area contributed by atoms with Crippen molar-refractivity contribution in [1.82, 2.24) is 9.55 Å². The van der Waals surface area contributed by atoms with E-state index in [2.05, 4.69) is 5.32 Å². The van der Waals surface area contributed by atoms with E-state index in [1.54, 1.807) is 16.7 Å². The molecular weight excluding hydrogens is 462 g/mol. The minimum absolute atomic E-state index is 0.0615. The first-order valence-electron chi connectivity index (χ1n) is 10.7. The monoisotopic (exact) mass is 483 g/mol. The van der Waals surface area contributed by atoms with Gasteiger partial charge < -0.3 is 14.5 Å². The van der Waals surface area contributed by atoms with Crippen molar-refractivity contribution in [2.45, 2.75) is 37.6 Å². The molecule has 0 bridgehead atoms. The Labute approximate surface area is 199 Å². The molecule has 0 saturated carbocycles. The zero-order valence-corrected chi connectivity index (χ0v) is 19.5. The molecule has 9 heteroatoms. The van der Waals surface area contributed by atoms with Gasteiger partial charge in [-0.15, -0.1) is 0 Å². The Morgan fingerprint density at radius 1 is 1.30 bits per heavy atom. The van der Waals surface area contributed by atoms with E-state index < -0.39 is 0 Å². The average molecular weight is 484 g/mol. The van der Waals surface area contributed by atoms with Crippen LogP contribution in [0.1, 0.15) is 18.4 Å². The number of thioether (sulfide) groups is 1. The lowest BCUT2D eigenvalue weighted by molar-refractivity contribution is -0.113. The average Bonchev–Trinajstić information content (AvgIpc) is 3.45. The molecule has 4 aromatic rings. The van der Waals surface area contributed by atoms with Gasteiger partial charge in [-0.2, -0.15) is 0 Å². The number of carbonyl (C=O) groups excluding carboxylic acids is 1. The fraction of sp³-hybridized carbons (Fsp3) is 0.292. The number of ether oxygens (including phenoxy) is 1. The van der Waals surface area contributed by atoms with Gasteiger partial charge in [0.25, 0.3) is 5.56 Å². The molecule has 0 aliphatic carbocycles. The number of furan rings is 1. The number of benzene rings is 2. The predicted octanol–water partition coefficient (Wildman–Crippen LogP) is 5.01. The first-order chi connectivity index (χ1) is 16.0. The maximum absolute atomic E-state index is 13.4. The molecule has 33 heavy (non-hydrogen) atoms. The van der Waals surface area contributed by atoms with E-state index in [1.165, 1.54) is 11.8 Å². The fourth-order valence-corrected chi connectivity index (χ4v) is 4.94. The number of nitrogens with zero attached hydrogens (tertiary/aromatic N) is 2. The number of aromatic nitrogens is 2. The maximum atomic E-state index is 13.4. The molecular formula is C24H22ClN3O4S. The van der Waals surface area contributed by atoms with Crippen LogP contribution >= 0.6 is 23.4 Å². The van der Waals surface area contributed by atoms with Crippen LogP contribution in [0.15, 0.2) is 56.8 Å². The number of aryl methyl sites for hydroxylation is 1. The summed E-state index contributed by atoms with van der Waals surface area (Å²) in [5, 5.41) is 4.67. The molecule has 3 heterocycles. The first kappa shape index (κ1) is 22.0. The molecule has 170 valence electrons. The summed E-state index contributed by atoms with van der Waals surface area (Å²) in [4.78, 5) is 30.8. The van der Waals surface area contributed by atoms with Gasteiger partial charge in [0.05, 0.1) is 18.4 Å². The molecule has 1 aliphatic heterocycles. The Bertz CT molecular complexity index is 1410. The third-order valence-electron chi connectivity index (χ3n) is 5.66. The van der Waals surface area contributed by atoms with Crippen LogP contribution in [0, 0.1) is 6.92 Å². The second kappa shape index (κ2) is 9.21. The molecule has 1 amide bonds. The molecule has 1 saturated heterocycles. The van der Waals surface area contributed by atoms with Crippen molar-refractivity contribution in [3.8, 4) is 0 Å². The van der Waals surface area contributed by atoms with E-state index in [-0.39, 0.29) is 28.9 Å². The molecule has 7 nitrogen and oxygen atoms in total. The zero-order valence-electron chi connectivity index (χ0n) is 18.0. The normalized spacial score (nSPS) is 16.0. The van der Waals surface area contributed by atoms with Crippen LogP contribution in [-0.4, -0.2) is 33.9 Å². The van der Waals surface area contributed by atoms with E-state index in [1.807, 2.05) is 37.3 Å². The van der Waals surface area contributed by atoms with Crippen molar-refractivity contribution in [3.05, 3.63) is 63.4 Å². The van der Waals surface area contributed by atoms with Crippen LogP contribution in [-0.2, 0) is 16.1 Å². The Morgan fingerprint density at radius 3 is 2.97 bits per heavy atom. The summed E-state index contributed by atoms with van der Waals surface area (Å²) < 4.78 is 13.2. The molecule has 0 unspecified atom stereocenters. The lowest BCUT2D eigenvalue weighted by atomic mass is 10.2. The van der Waals surface area contributed by atoms with Crippen molar-refractivity contribution < 1.29 is 13.9 Å². The highest BCUT2D eigenvalue weighted by atomic mass is 35.5. The van der Waals surface area contributed by atoms with Gasteiger partial charge in [-0.1, -0.05) is 41.6 Å². The van der Waals surface area contributed by atoms with Crippen molar-refractivity contribution in [1.29, 1.82) is 0 Å². The molecule has 1 fully saturated rings. The number of rotatable bonds is 6. The highest BCUT2D eigenvalue weighted by Gasteiger charge is 2.23. The Morgan fingerprint density at radius 2 is 2.15 bits per heavy atom. The van der Waals surface area contributed by atoms with Gasteiger partial charge in [-0.05, 0) is 49.6 Å². The Hall–Kier alpha value is -2.81. The lowest BCUT2D eigenvalue weighted by Gasteiger charge is -2.15. The molecule has 1 aliphatic rings. The molecule has 1 N–H and O–H groups in total. The summed E-state index contributed by atoms with van der Waals surface area (Å²) >= 11 is 7.28. The quantitative estimate of drug-likeness (QED) is 0.306. The highest BCUT2D eigenvalue weighted by molar-refractivity contribution is 7.99. The van der Waals surface area contributed by atoms with Gasteiger partial charge in [0, 0.05) is 22.7 Å². The van der Waals surface area contributed by atoms with Crippen LogP contribution in [0.2, 0.25) is 5.02 Å². The zero-order chi connectivity index (χ0) is 22.9. The Balaban J connectivity index is 1.47. The minimum Gasteiger partial charge on any atom is -0.448 e. The van der Waals surface area contributed by atoms with E-state index in [4.69, 9.17) is 25.7 Å². The van der Waals surface area contributed by atoms with E-state index in [0.29, 0.717) is 40.1 Å². The van der Waals surface area contributed by atoms with Crippen molar-refractivity contribution >= 4 is 57.0 Å². The predicted molar refractivity (Wildman–Crippen MR) is 130 cm³/mol. The number of carbonyl (C=O) groups is 1. The third-order valence-corrected chi connectivity index (χ3v) is 6.87. The van der Waals surface area contributed by atoms with Crippen molar-refractivity contribution in [2.75, 3.05) is 17.7 Å². The van der Waals surface area contributed by atoms with Crippen LogP contribution in [0.5, 0.6) is 0 Å². The van der Waals surface area contributed by atoms with Crippen molar-refractivity contribution in [2.24, 2.45) is 0 Å². The number of hydrogen-bond acceptors (Lipinski definition) is 6. The number of hydrogen-bond donors (Lipinski definition) is 1. The summed E-state index contributed by atoms with van der Waals surface area (Å²) in [6, 6.07) is 12.8. The van der Waals surface area contributed by atoms with Gasteiger partial charge in [-0.3, -0.25) is 14.2 Å². The smallest absolute Gasteiger partial charge is 0.297 e. The summed E-state index contributed by atoms with van der Waals surface area (Å²) in [6.07, 6.45) is 1.78. The van der Waals surface area contributed by atoms with E-state index in [9.17, 15) is 9.59 Å². The standard InChI is InChI=1S/C24H22ClN3O4S/c1-14-8-9-15(25)11-18(14)26-20(29)13-33-24-27-21-17-6-2-3-7-19(17)32-22(21)23(30)28(24)12-16-5-4-10-31-16/h2-3,6-9,11,16H,4-5,10,12-13H2,1H3,(H,26,29)/t16-/m0/s1. The summed E-state index contributed by atoms with van der Waals surface area (Å²) in [7, 11) is 0. The van der Waals surface area contributed by atoms with Crippen LogP contribution in [0.4, 0.5) is 5.69 Å². The van der Waals surface area contributed by atoms with Gasteiger partial charge in [-0.25, -0.2) is 4.98 Å². The number of halogens is 1. The van der Waals surface area contributed by atoms with E-state index >= 15 is 0 Å². The van der Waals surface area contributed by atoms with Gasteiger partial charge in [0.1, 0.15) is 11.1 Å². The third kappa shape index (κ3) is 4.51. The van der Waals surface area contributed by atoms with E-state index in [0.717, 1.165) is 23.8 Å². The Kier molecular flexibility index (Phi) is 6.14. The molecule has 0 spiro atoms. The highest BCUT2D eigenvalue weighted by Crippen LogP contribution is 2.28. The largest absolute Gasteiger partial charge is 0.448 e. The van der Waals surface area contributed by atoms with Crippen LogP contribution in [0.25, 0.3) is 22.1 Å². The SMILES string of the molecule is Cc1ccc(Cl)cc1NC(=O)CSc1nc2c(oc3ccccc32)c(=O)n1C[C@@H]1CCCO1. The second-order valence-electron chi connectivity index (χ2n) is 8.02. The van der Waals surface area contributed by atoms with Gasteiger partial charge in [0.2, 0.25) is 11.5 Å². The topological polar surface area (TPSA) is 86.4 Å². The molecule has 0 radical (unpaired) electrons. The molecule has 2 aromatic carbocycles. The number of amides is 1. The molecule has 5 rings (SSSR count).